The summed E-state index contributed by atoms with van der Waals surface area (Å²) in [5.41, 5.74) is 3.13. The summed E-state index contributed by atoms with van der Waals surface area (Å²) in [6.45, 7) is 5.88. The van der Waals surface area contributed by atoms with E-state index >= 15 is 0 Å². The summed E-state index contributed by atoms with van der Waals surface area (Å²) in [4.78, 5) is 0. The zero-order valence-corrected chi connectivity index (χ0v) is 13.3. The molecule has 0 spiro atoms. The zero-order valence-electron chi connectivity index (χ0n) is 12.5. The van der Waals surface area contributed by atoms with Gasteiger partial charge >= 0.3 is 0 Å². The molecule has 2 aromatic carbocycles. The summed E-state index contributed by atoms with van der Waals surface area (Å²) in [7, 11) is 0. The quantitative estimate of drug-likeness (QED) is 0.814. The third kappa shape index (κ3) is 4.55. The second-order valence-electron chi connectivity index (χ2n) is 5.36. The van der Waals surface area contributed by atoms with E-state index in [4.69, 9.17) is 11.6 Å². The molecule has 1 N–H and O–H groups in total. The fraction of sp³-hybridized carbons (Fsp3) is 0.333. The van der Waals surface area contributed by atoms with Crippen LogP contribution in [0.4, 0.5) is 4.39 Å². The van der Waals surface area contributed by atoms with E-state index in [0.29, 0.717) is 17.0 Å². The van der Waals surface area contributed by atoms with Gasteiger partial charge in [-0.2, -0.15) is 0 Å². The van der Waals surface area contributed by atoms with Crippen molar-refractivity contribution >= 4 is 11.6 Å². The van der Waals surface area contributed by atoms with E-state index in [-0.39, 0.29) is 11.7 Å². The molecule has 0 saturated carbocycles. The van der Waals surface area contributed by atoms with Gasteiger partial charge in [0.1, 0.15) is 5.82 Å². The van der Waals surface area contributed by atoms with Crippen LogP contribution in [0.25, 0.3) is 0 Å². The minimum absolute atomic E-state index is 0.187. The molecule has 1 atom stereocenters. The molecule has 0 amide bonds. The number of nitrogens with one attached hydrogen (secondary N) is 1. The normalized spacial score (nSPS) is 12.4. The highest BCUT2D eigenvalue weighted by molar-refractivity contribution is 6.30. The highest BCUT2D eigenvalue weighted by atomic mass is 35.5. The Morgan fingerprint density at radius 3 is 2.71 bits per heavy atom. The third-order valence-electron chi connectivity index (χ3n) is 3.63. The molecule has 1 nitrogen and oxygen atoms in total. The van der Waals surface area contributed by atoms with E-state index in [2.05, 4.69) is 43.4 Å². The van der Waals surface area contributed by atoms with Gasteiger partial charge in [0, 0.05) is 17.5 Å². The van der Waals surface area contributed by atoms with Gasteiger partial charge in [0.05, 0.1) is 0 Å². The maximum atomic E-state index is 14.0. The average Bonchev–Trinajstić information content (AvgIpc) is 2.47. The first kappa shape index (κ1) is 16.0. The predicted octanol–water partition coefficient (Wildman–Crippen LogP) is 4.72. The average molecular weight is 306 g/mol. The van der Waals surface area contributed by atoms with Crippen molar-refractivity contribution in [3.8, 4) is 0 Å². The van der Waals surface area contributed by atoms with Crippen LogP contribution in [0.5, 0.6) is 0 Å². The van der Waals surface area contributed by atoms with Crippen LogP contribution in [-0.2, 0) is 6.42 Å². The number of aryl methyl sites for hydroxylation is 1. The van der Waals surface area contributed by atoms with Crippen molar-refractivity contribution in [2.75, 3.05) is 13.1 Å². The molecule has 0 aliphatic carbocycles. The smallest absolute Gasteiger partial charge is 0.126 e. The first-order valence-electron chi connectivity index (χ1n) is 7.31. The summed E-state index contributed by atoms with van der Waals surface area (Å²) in [6, 6.07) is 13.2. The minimum atomic E-state index is -0.187. The lowest BCUT2D eigenvalue weighted by Gasteiger charge is -2.19. The Kier molecular flexibility index (Phi) is 5.77. The van der Waals surface area contributed by atoms with Crippen molar-refractivity contribution in [2.45, 2.75) is 26.2 Å². The summed E-state index contributed by atoms with van der Waals surface area (Å²) in [6.07, 6.45) is 0.642. The molecular formula is C18H21ClFN. The highest BCUT2D eigenvalue weighted by Crippen LogP contribution is 2.24. The fourth-order valence-corrected chi connectivity index (χ4v) is 2.71. The molecule has 0 saturated heterocycles. The molecule has 0 radical (unpaired) electrons. The van der Waals surface area contributed by atoms with Crippen LogP contribution in [0.3, 0.4) is 0 Å². The SMILES string of the molecule is CCNCC(Cc1cc(Cl)ccc1F)c1cccc(C)c1. The first-order chi connectivity index (χ1) is 10.1. The van der Waals surface area contributed by atoms with Gasteiger partial charge in [0.25, 0.3) is 0 Å². The fourth-order valence-electron chi connectivity index (χ4n) is 2.52. The lowest BCUT2D eigenvalue weighted by molar-refractivity contribution is 0.562. The van der Waals surface area contributed by atoms with Crippen molar-refractivity contribution in [3.63, 3.8) is 0 Å². The van der Waals surface area contributed by atoms with Crippen molar-refractivity contribution < 1.29 is 4.39 Å². The topological polar surface area (TPSA) is 12.0 Å². The van der Waals surface area contributed by atoms with Gasteiger partial charge in [-0.3, -0.25) is 0 Å². The molecule has 0 bridgehead atoms. The van der Waals surface area contributed by atoms with E-state index in [0.717, 1.165) is 13.1 Å². The van der Waals surface area contributed by atoms with Crippen LogP contribution < -0.4 is 5.32 Å². The van der Waals surface area contributed by atoms with Crippen molar-refractivity contribution in [2.24, 2.45) is 0 Å². The number of hydrogen-bond acceptors (Lipinski definition) is 1. The molecule has 0 heterocycles. The first-order valence-corrected chi connectivity index (χ1v) is 7.69. The molecule has 112 valence electrons. The van der Waals surface area contributed by atoms with Crippen molar-refractivity contribution in [3.05, 3.63) is 70.0 Å². The maximum absolute atomic E-state index is 14.0. The van der Waals surface area contributed by atoms with Gasteiger partial charge in [-0.05, 0) is 49.2 Å². The minimum Gasteiger partial charge on any atom is -0.316 e. The number of rotatable bonds is 6. The standard InChI is InChI=1S/C18H21ClFN/c1-3-21-12-16(14-6-4-5-13(2)9-14)10-15-11-17(19)7-8-18(15)20/h4-9,11,16,21H,3,10,12H2,1-2H3. The summed E-state index contributed by atoms with van der Waals surface area (Å²) in [5.74, 6) is 0.0476. The Hall–Kier alpha value is -1.38. The zero-order chi connectivity index (χ0) is 15.2. The molecule has 0 aliphatic rings. The van der Waals surface area contributed by atoms with E-state index in [9.17, 15) is 4.39 Å². The largest absolute Gasteiger partial charge is 0.316 e. The molecule has 2 rings (SSSR count). The summed E-state index contributed by atoms with van der Waals surface area (Å²) in [5, 5.41) is 3.95. The van der Waals surface area contributed by atoms with Gasteiger partial charge in [0.2, 0.25) is 0 Å². The number of benzene rings is 2. The Balaban J connectivity index is 2.25. The van der Waals surface area contributed by atoms with Crippen molar-refractivity contribution in [1.82, 2.24) is 5.32 Å². The molecule has 21 heavy (non-hydrogen) atoms. The van der Waals surface area contributed by atoms with Crippen LogP contribution in [0.2, 0.25) is 5.02 Å². The second kappa shape index (κ2) is 7.58. The van der Waals surface area contributed by atoms with Crippen LogP contribution in [0.15, 0.2) is 42.5 Å². The second-order valence-corrected chi connectivity index (χ2v) is 5.80. The van der Waals surface area contributed by atoms with Gasteiger partial charge in [-0.25, -0.2) is 4.39 Å². The van der Waals surface area contributed by atoms with Crippen LogP contribution in [-0.4, -0.2) is 13.1 Å². The Morgan fingerprint density at radius 1 is 1.19 bits per heavy atom. The lowest BCUT2D eigenvalue weighted by atomic mass is 9.90. The molecule has 0 fully saturated rings. The van der Waals surface area contributed by atoms with Crippen LogP contribution in [0, 0.1) is 12.7 Å². The predicted molar refractivity (Wildman–Crippen MR) is 87.6 cm³/mol. The van der Waals surface area contributed by atoms with Crippen LogP contribution >= 0.6 is 11.6 Å². The third-order valence-corrected chi connectivity index (χ3v) is 3.86. The molecular weight excluding hydrogens is 285 g/mol. The van der Waals surface area contributed by atoms with Crippen LogP contribution in [0.1, 0.15) is 29.5 Å². The summed E-state index contributed by atoms with van der Waals surface area (Å²) < 4.78 is 14.0. The summed E-state index contributed by atoms with van der Waals surface area (Å²) >= 11 is 5.99. The monoisotopic (exact) mass is 305 g/mol. The Morgan fingerprint density at radius 2 is 2.00 bits per heavy atom. The van der Waals surface area contributed by atoms with E-state index in [1.807, 2.05) is 0 Å². The highest BCUT2D eigenvalue weighted by Gasteiger charge is 2.15. The number of likely N-dealkylation sites (N-methyl/N-ethyl adjacent to an activating group) is 1. The van der Waals surface area contributed by atoms with E-state index in [1.54, 1.807) is 12.1 Å². The molecule has 1 unspecified atom stereocenters. The molecule has 0 aliphatic heterocycles. The van der Waals surface area contributed by atoms with E-state index < -0.39 is 0 Å². The lowest BCUT2D eigenvalue weighted by Crippen LogP contribution is -2.23. The molecule has 0 aromatic heterocycles. The number of halogens is 2. The maximum Gasteiger partial charge on any atom is 0.126 e. The Bertz CT molecular complexity index is 598. The molecule has 2 aromatic rings. The van der Waals surface area contributed by atoms with Gasteiger partial charge in [0.15, 0.2) is 0 Å². The number of hydrogen-bond donors (Lipinski definition) is 1. The van der Waals surface area contributed by atoms with Gasteiger partial charge in [-0.1, -0.05) is 48.4 Å². The molecule has 3 heteroatoms. The Labute approximate surface area is 131 Å². The van der Waals surface area contributed by atoms with E-state index in [1.165, 1.54) is 17.2 Å². The van der Waals surface area contributed by atoms with Gasteiger partial charge in [-0.15, -0.1) is 0 Å². The van der Waals surface area contributed by atoms with Gasteiger partial charge < -0.3 is 5.32 Å². The van der Waals surface area contributed by atoms with Crippen molar-refractivity contribution in [1.29, 1.82) is 0 Å².